The Labute approximate surface area is 201 Å². The summed E-state index contributed by atoms with van der Waals surface area (Å²) < 4.78 is 7.54. The lowest BCUT2D eigenvalue weighted by molar-refractivity contribution is 0.413. The summed E-state index contributed by atoms with van der Waals surface area (Å²) in [7, 11) is 1.67. The molecule has 0 aliphatic heterocycles. The highest BCUT2D eigenvalue weighted by Crippen LogP contribution is 2.39. The van der Waals surface area contributed by atoms with E-state index in [-0.39, 0.29) is 10.8 Å². The second-order valence-electron chi connectivity index (χ2n) is 10.7. The van der Waals surface area contributed by atoms with E-state index in [2.05, 4.69) is 46.5 Å². The van der Waals surface area contributed by atoms with Crippen molar-refractivity contribution in [2.45, 2.75) is 52.4 Å². The molecule has 0 bridgehead atoms. The first-order chi connectivity index (χ1) is 16.0. The second-order valence-corrected chi connectivity index (χ2v) is 10.7. The molecule has 3 aromatic carbocycles. The molecule has 0 aliphatic rings. The van der Waals surface area contributed by atoms with E-state index in [1.54, 1.807) is 13.4 Å². The van der Waals surface area contributed by atoms with Gasteiger partial charge < -0.3 is 9.84 Å². The molecule has 1 N–H and O–H groups in total. The fourth-order valence-corrected chi connectivity index (χ4v) is 4.13. The number of phenolic OH excluding ortho intramolecular Hbond substituents is 1. The summed E-state index contributed by atoms with van der Waals surface area (Å²) in [5, 5.41) is 11.0. The molecule has 176 valence electrons. The second kappa shape index (κ2) is 8.64. The molecule has 34 heavy (non-hydrogen) atoms. The number of methoxy groups -OCH3 is 1. The van der Waals surface area contributed by atoms with Crippen LogP contribution in [0.25, 0.3) is 16.7 Å². The van der Waals surface area contributed by atoms with Gasteiger partial charge in [0.05, 0.1) is 29.5 Å². The fraction of sp³-hybridized carbons (Fsp3) is 0.310. The average molecular weight is 456 g/mol. The van der Waals surface area contributed by atoms with E-state index in [9.17, 15) is 5.11 Å². The van der Waals surface area contributed by atoms with Crippen LogP contribution < -0.4 is 4.74 Å². The number of ether oxygens (including phenoxy) is 1. The first kappa shape index (κ1) is 23.6. The highest BCUT2D eigenvalue weighted by atomic mass is 16.5. The van der Waals surface area contributed by atoms with Crippen LogP contribution in [0, 0.1) is 0 Å². The summed E-state index contributed by atoms with van der Waals surface area (Å²) in [5.74, 6) is 1.17. The molecular formula is C29H33N3O2. The largest absolute Gasteiger partial charge is 0.507 e. The van der Waals surface area contributed by atoms with E-state index < -0.39 is 0 Å². The maximum absolute atomic E-state index is 11.0. The standard InChI is InChI=1S/C29H33N3O2/c1-28(2,3)21-14-19(15-22(27(21)33)29(4,5)6)17-30-20-12-13-24-23(16-20)31-18-32(24)25-10-8-9-11-26(25)34-7/h8-18,33H,1-7H3. The van der Waals surface area contributed by atoms with Gasteiger partial charge in [0, 0.05) is 17.3 Å². The van der Waals surface area contributed by atoms with Crippen LogP contribution in [0.5, 0.6) is 11.5 Å². The quantitative estimate of drug-likeness (QED) is 0.334. The van der Waals surface area contributed by atoms with Gasteiger partial charge in [0.2, 0.25) is 0 Å². The van der Waals surface area contributed by atoms with Crippen LogP contribution in [0.3, 0.4) is 0 Å². The van der Waals surface area contributed by atoms with Crippen molar-refractivity contribution in [1.29, 1.82) is 0 Å². The van der Waals surface area contributed by atoms with Gasteiger partial charge in [-0.3, -0.25) is 9.56 Å². The Morgan fingerprint density at radius 2 is 1.56 bits per heavy atom. The normalized spacial score (nSPS) is 12.6. The molecule has 5 heteroatoms. The molecule has 0 spiro atoms. The van der Waals surface area contributed by atoms with Crippen molar-refractivity contribution >= 4 is 22.9 Å². The minimum atomic E-state index is -0.182. The van der Waals surface area contributed by atoms with Gasteiger partial charge in [-0.25, -0.2) is 4.98 Å². The SMILES string of the molecule is COc1ccccc1-n1cnc2cc(N=Cc3cc(C(C)(C)C)c(O)c(C(C)(C)C)c3)ccc21. The Morgan fingerprint density at radius 3 is 2.18 bits per heavy atom. The number of imidazole rings is 1. The maximum atomic E-state index is 11.0. The number of rotatable bonds is 4. The molecule has 0 aliphatic carbocycles. The van der Waals surface area contributed by atoms with Crippen LogP contribution in [-0.4, -0.2) is 28.0 Å². The van der Waals surface area contributed by atoms with Gasteiger partial charge in [0.15, 0.2) is 0 Å². The summed E-state index contributed by atoms with van der Waals surface area (Å²) in [6, 6.07) is 17.9. The Balaban J connectivity index is 1.72. The van der Waals surface area contributed by atoms with Gasteiger partial charge in [-0.2, -0.15) is 0 Å². The zero-order valence-corrected chi connectivity index (χ0v) is 21.0. The van der Waals surface area contributed by atoms with E-state index in [1.165, 1.54) is 0 Å². The first-order valence-corrected chi connectivity index (χ1v) is 11.5. The summed E-state index contributed by atoms with van der Waals surface area (Å²) >= 11 is 0. The lowest BCUT2D eigenvalue weighted by Crippen LogP contribution is -2.17. The van der Waals surface area contributed by atoms with Gasteiger partial charge in [-0.15, -0.1) is 0 Å². The van der Waals surface area contributed by atoms with E-state index in [0.29, 0.717) is 5.75 Å². The zero-order valence-electron chi connectivity index (χ0n) is 21.0. The molecule has 0 amide bonds. The van der Waals surface area contributed by atoms with Gasteiger partial charge >= 0.3 is 0 Å². The van der Waals surface area contributed by atoms with E-state index in [1.807, 2.05) is 65.4 Å². The summed E-state index contributed by atoms with van der Waals surface area (Å²) in [6.07, 6.45) is 3.67. The third kappa shape index (κ3) is 4.56. The van der Waals surface area contributed by atoms with Crippen LogP contribution >= 0.6 is 0 Å². The van der Waals surface area contributed by atoms with Crippen molar-refractivity contribution in [3.05, 3.63) is 77.6 Å². The van der Waals surface area contributed by atoms with Crippen molar-refractivity contribution in [3.63, 3.8) is 0 Å². The minimum absolute atomic E-state index is 0.182. The van der Waals surface area contributed by atoms with Crippen LogP contribution in [0.15, 0.2) is 65.9 Å². The maximum Gasteiger partial charge on any atom is 0.142 e. The predicted molar refractivity (Wildman–Crippen MR) is 140 cm³/mol. The minimum Gasteiger partial charge on any atom is -0.507 e. The number of aromatic nitrogens is 2. The molecule has 4 rings (SSSR count). The number of hydrogen-bond donors (Lipinski definition) is 1. The molecule has 0 fully saturated rings. The number of aromatic hydroxyl groups is 1. The molecule has 0 saturated heterocycles. The van der Waals surface area contributed by atoms with Crippen LogP contribution in [-0.2, 0) is 10.8 Å². The van der Waals surface area contributed by atoms with Gasteiger partial charge in [0.1, 0.15) is 17.8 Å². The zero-order chi connectivity index (χ0) is 24.7. The number of phenols is 1. The summed E-state index contributed by atoms with van der Waals surface area (Å²) in [4.78, 5) is 9.33. The number of benzene rings is 3. The molecule has 0 atom stereocenters. The predicted octanol–water partition coefficient (Wildman–Crippen LogP) is 7.09. The van der Waals surface area contributed by atoms with Crippen molar-refractivity contribution in [3.8, 4) is 17.2 Å². The molecule has 0 radical (unpaired) electrons. The lowest BCUT2D eigenvalue weighted by atomic mass is 9.78. The molecule has 5 nitrogen and oxygen atoms in total. The van der Waals surface area contributed by atoms with Crippen LogP contribution in [0.2, 0.25) is 0 Å². The van der Waals surface area contributed by atoms with Gasteiger partial charge in [0.25, 0.3) is 0 Å². The van der Waals surface area contributed by atoms with Crippen molar-refractivity contribution < 1.29 is 9.84 Å². The number of nitrogens with zero attached hydrogens (tertiary/aromatic N) is 3. The fourth-order valence-electron chi connectivity index (χ4n) is 4.13. The summed E-state index contributed by atoms with van der Waals surface area (Å²) in [5.41, 5.74) is 6.05. The Morgan fingerprint density at radius 1 is 0.912 bits per heavy atom. The lowest BCUT2D eigenvalue weighted by Gasteiger charge is -2.27. The van der Waals surface area contributed by atoms with Crippen molar-refractivity contribution in [2.75, 3.05) is 7.11 Å². The molecule has 0 unspecified atom stereocenters. The summed E-state index contributed by atoms with van der Waals surface area (Å²) in [6.45, 7) is 12.7. The third-order valence-corrected chi connectivity index (χ3v) is 5.99. The first-order valence-electron chi connectivity index (χ1n) is 11.5. The molecule has 4 aromatic rings. The Kier molecular flexibility index (Phi) is 5.98. The van der Waals surface area contributed by atoms with Crippen LogP contribution in [0.1, 0.15) is 58.2 Å². The molecule has 0 saturated carbocycles. The van der Waals surface area contributed by atoms with Crippen LogP contribution in [0.4, 0.5) is 5.69 Å². The Bertz CT molecular complexity index is 1330. The smallest absolute Gasteiger partial charge is 0.142 e. The Hall–Kier alpha value is -3.60. The van der Waals surface area contributed by atoms with E-state index >= 15 is 0 Å². The van der Waals surface area contributed by atoms with Crippen molar-refractivity contribution in [1.82, 2.24) is 9.55 Å². The average Bonchev–Trinajstić information content (AvgIpc) is 3.19. The van der Waals surface area contributed by atoms with Crippen molar-refractivity contribution in [2.24, 2.45) is 4.99 Å². The number of hydrogen-bond acceptors (Lipinski definition) is 4. The highest BCUT2D eigenvalue weighted by molar-refractivity contribution is 5.86. The molecular weight excluding hydrogens is 422 g/mol. The van der Waals surface area contributed by atoms with E-state index in [4.69, 9.17) is 9.73 Å². The highest BCUT2D eigenvalue weighted by Gasteiger charge is 2.26. The van der Waals surface area contributed by atoms with E-state index in [0.717, 1.165) is 44.8 Å². The third-order valence-electron chi connectivity index (χ3n) is 5.99. The van der Waals surface area contributed by atoms with Gasteiger partial charge in [-0.1, -0.05) is 53.7 Å². The van der Waals surface area contributed by atoms with Gasteiger partial charge in [-0.05, 0) is 58.9 Å². The molecule has 1 aromatic heterocycles. The number of para-hydroxylation sites is 2. The number of aliphatic imine (C=N–C) groups is 1. The molecule has 1 heterocycles. The monoisotopic (exact) mass is 455 g/mol. The topological polar surface area (TPSA) is 59.6 Å². The number of fused-ring (bicyclic) bond motifs is 1.